The third kappa shape index (κ3) is 3.47. The first-order valence-corrected chi connectivity index (χ1v) is 5.44. The van der Waals surface area contributed by atoms with Gasteiger partial charge in [0.25, 0.3) is 5.91 Å². The van der Waals surface area contributed by atoms with Crippen molar-refractivity contribution in [2.24, 2.45) is 0 Å². The fraction of sp³-hybridized carbons (Fsp3) is 0.455. The molecule has 1 rings (SSSR count). The Kier molecular flexibility index (Phi) is 4.26. The summed E-state index contributed by atoms with van der Waals surface area (Å²) in [6, 6.07) is 1.54. The van der Waals surface area contributed by atoms with Crippen LogP contribution in [0.4, 0.5) is 0 Å². The minimum absolute atomic E-state index is 0.195. The molecule has 0 aromatic carbocycles. The van der Waals surface area contributed by atoms with Crippen molar-refractivity contribution < 1.29 is 9.90 Å². The van der Waals surface area contributed by atoms with Crippen LogP contribution in [0.2, 0.25) is 5.02 Å². The zero-order valence-corrected chi connectivity index (χ0v) is 10.1. The second kappa shape index (κ2) is 5.27. The fourth-order valence-corrected chi connectivity index (χ4v) is 1.26. The second-order valence-corrected chi connectivity index (χ2v) is 4.30. The number of amides is 1. The van der Waals surface area contributed by atoms with Gasteiger partial charge in [-0.05, 0) is 19.4 Å². The molecule has 0 aliphatic carbocycles. The van der Waals surface area contributed by atoms with Crippen molar-refractivity contribution in [3.05, 3.63) is 29.0 Å². The van der Waals surface area contributed by atoms with Gasteiger partial charge in [-0.1, -0.05) is 18.5 Å². The summed E-state index contributed by atoms with van der Waals surface area (Å²) < 4.78 is 0. The third-order valence-corrected chi connectivity index (χ3v) is 2.71. The standard InChI is InChI=1S/C11H15ClN2O2/c1-3-11(2,16)7-14-10(15)8-4-5-13-6-9(8)12/h4-6,16H,3,7H2,1-2H3,(H,14,15). The lowest BCUT2D eigenvalue weighted by Gasteiger charge is -2.21. The molecule has 16 heavy (non-hydrogen) atoms. The zero-order chi connectivity index (χ0) is 12.2. The maximum atomic E-state index is 11.7. The highest BCUT2D eigenvalue weighted by Crippen LogP contribution is 2.13. The van der Waals surface area contributed by atoms with E-state index in [-0.39, 0.29) is 12.5 Å². The monoisotopic (exact) mass is 242 g/mol. The van der Waals surface area contributed by atoms with Crippen LogP contribution < -0.4 is 5.32 Å². The van der Waals surface area contributed by atoms with Crippen LogP contribution in [0.15, 0.2) is 18.5 Å². The highest BCUT2D eigenvalue weighted by molar-refractivity contribution is 6.33. The summed E-state index contributed by atoms with van der Waals surface area (Å²) in [7, 11) is 0. The molecule has 0 radical (unpaired) electrons. The van der Waals surface area contributed by atoms with Crippen molar-refractivity contribution in [2.45, 2.75) is 25.9 Å². The van der Waals surface area contributed by atoms with Crippen LogP contribution >= 0.6 is 11.6 Å². The van der Waals surface area contributed by atoms with E-state index in [1.807, 2.05) is 6.92 Å². The Morgan fingerprint density at radius 2 is 2.38 bits per heavy atom. The number of pyridine rings is 1. The summed E-state index contributed by atoms with van der Waals surface area (Å²) >= 11 is 5.82. The molecule has 1 amide bonds. The van der Waals surface area contributed by atoms with Gasteiger partial charge in [0.05, 0.1) is 16.2 Å². The molecule has 1 aromatic rings. The van der Waals surface area contributed by atoms with Crippen molar-refractivity contribution in [3.8, 4) is 0 Å². The number of carbonyl (C=O) groups excluding carboxylic acids is 1. The van der Waals surface area contributed by atoms with E-state index in [0.29, 0.717) is 17.0 Å². The van der Waals surface area contributed by atoms with Gasteiger partial charge in [0.15, 0.2) is 0 Å². The number of hydrogen-bond donors (Lipinski definition) is 2. The molecular formula is C11H15ClN2O2. The predicted octanol–water partition coefficient (Wildman–Crippen LogP) is 1.63. The fourth-order valence-electron chi connectivity index (χ4n) is 1.05. The van der Waals surface area contributed by atoms with Crippen molar-refractivity contribution in [1.29, 1.82) is 0 Å². The average molecular weight is 243 g/mol. The molecule has 0 aliphatic heterocycles. The molecule has 0 aliphatic rings. The van der Waals surface area contributed by atoms with Gasteiger partial charge in [-0.3, -0.25) is 9.78 Å². The second-order valence-electron chi connectivity index (χ2n) is 3.89. The summed E-state index contributed by atoms with van der Waals surface area (Å²) in [4.78, 5) is 15.5. The summed E-state index contributed by atoms with van der Waals surface area (Å²) in [5.74, 6) is -0.305. The Hall–Kier alpha value is -1.13. The first kappa shape index (κ1) is 12.9. The highest BCUT2D eigenvalue weighted by atomic mass is 35.5. The minimum atomic E-state index is -0.894. The Bertz CT molecular complexity index is 380. The molecule has 0 saturated heterocycles. The van der Waals surface area contributed by atoms with Gasteiger partial charge in [-0.2, -0.15) is 0 Å². The van der Waals surface area contributed by atoms with E-state index in [1.54, 1.807) is 13.0 Å². The number of aromatic nitrogens is 1. The summed E-state index contributed by atoms with van der Waals surface area (Å²) in [6.45, 7) is 3.72. The smallest absolute Gasteiger partial charge is 0.253 e. The molecule has 1 atom stereocenters. The molecule has 1 unspecified atom stereocenters. The molecule has 0 bridgehead atoms. The molecule has 88 valence electrons. The van der Waals surface area contributed by atoms with E-state index < -0.39 is 5.60 Å². The van der Waals surface area contributed by atoms with Gasteiger partial charge in [0.2, 0.25) is 0 Å². The minimum Gasteiger partial charge on any atom is -0.388 e. The van der Waals surface area contributed by atoms with E-state index in [9.17, 15) is 9.90 Å². The quantitative estimate of drug-likeness (QED) is 0.844. The first-order valence-electron chi connectivity index (χ1n) is 5.06. The van der Waals surface area contributed by atoms with Crippen LogP contribution in [-0.2, 0) is 0 Å². The highest BCUT2D eigenvalue weighted by Gasteiger charge is 2.19. The van der Waals surface area contributed by atoms with E-state index in [1.165, 1.54) is 12.4 Å². The van der Waals surface area contributed by atoms with Crippen molar-refractivity contribution in [1.82, 2.24) is 10.3 Å². The number of hydrogen-bond acceptors (Lipinski definition) is 3. The number of nitrogens with zero attached hydrogens (tertiary/aromatic N) is 1. The predicted molar refractivity (Wildman–Crippen MR) is 62.5 cm³/mol. The number of aliphatic hydroxyl groups is 1. The van der Waals surface area contributed by atoms with E-state index in [0.717, 1.165) is 0 Å². The maximum Gasteiger partial charge on any atom is 0.253 e. The average Bonchev–Trinajstić information content (AvgIpc) is 2.27. The van der Waals surface area contributed by atoms with Crippen molar-refractivity contribution >= 4 is 17.5 Å². The van der Waals surface area contributed by atoms with Crippen LogP contribution in [0.25, 0.3) is 0 Å². The molecule has 2 N–H and O–H groups in total. The van der Waals surface area contributed by atoms with Crippen LogP contribution in [0.3, 0.4) is 0 Å². The maximum absolute atomic E-state index is 11.7. The van der Waals surface area contributed by atoms with Gasteiger partial charge in [0.1, 0.15) is 0 Å². The molecule has 0 spiro atoms. The SMILES string of the molecule is CCC(C)(O)CNC(=O)c1ccncc1Cl. The summed E-state index contributed by atoms with van der Waals surface area (Å²) in [5, 5.41) is 12.7. The Balaban J connectivity index is 2.64. The number of carbonyl (C=O) groups is 1. The van der Waals surface area contributed by atoms with Crippen LogP contribution in [0.1, 0.15) is 30.6 Å². The largest absolute Gasteiger partial charge is 0.388 e. The molecule has 0 fully saturated rings. The first-order chi connectivity index (χ1) is 7.46. The normalized spacial score (nSPS) is 14.2. The van der Waals surface area contributed by atoms with Gasteiger partial charge in [0, 0.05) is 18.9 Å². The van der Waals surface area contributed by atoms with Crippen LogP contribution in [0.5, 0.6) is 0 Å². The lowest BCUT2D eigenvalue weighted by atomic mass is 10.0. The van der Waals surface area contributed by atoms with Gasteiger partial charge >= 0.3 is 0 Å². The summed E-state index contributed by atoms with van der Waals surface area (Å²) in [6.07, 6.45) is 3.48. The number of rotatable bonds is 4. The Morgan fingerprint density at radius 3 is 2.94 bits per heavy atom. The van der Waals surface area contributed by atoms with Crippen molar-refractivity contribution in [2.75, 3.05) is 6.54 Å². The number of halogens is 1. The third-order valence-electron chi connectivity index (χ3n) is 2.41. The van der Waals surface area contributed by atoms with E-state index in [2.05, 4.69) is 10.3 Å². The van der Waals surface area contributed by atoms with Gasteiger partial charge < -0.3 is 10.4 Å². The van der Waals surface area contributed by atoms with Gasteiger partial charge in [-0.25, -0.2) is 0 Å². The Morgan fingerprint density at radius 1 is 1.69 bits per heavy atom. The van der Waals surface area contributed by atoms with E-state index in [4.69, 9.17) is 11.6 Å². The molecule has 0 saturated carbocycles. The molecule has 4 nitrogen and oxygen atoms in total. The zero-order valence-electron chi connectivity index (χ0n) is 9.33. The van der Waals surface area contributed by atoms with E-state index >= 15 is 0 Å². The Labute approximate surface area is 99.6 Å². The van der Waals surface area contributed by atoms with Crippen molar-refractivity contribution in [3.63, 3.8) is 0 Å². The lowest BCUT2D eigenvalue weighted by Crippen LogP contribution is -2.40. The summed E-state index contributed by atoms with van der Waals surface area (Å²) in [5.41, 5.74) is -0.529. The molecule has 1 heterocycles. The lowest BCUT2D eigenvalue weighted by molar-refractivity contribution is 0.0518. The molecule has 1 aromatic heterocycles. The van der Waals surface area contributed by atoms with Crippen LogP contribution in [0, 0.1) is 0 Å². The van der Waals surface area contributed by atoms with Gasteiger partial charge in [-0.15, -0.1) is 0 Å². The molecular weight excluding hydrogens is 228 g/mol. The molecule has 5 heteroatoms. The topological polar surface area (TPSA) is 62.2 Å². The number of nitrogens with one attached hydrogen (secondary N) is 1. The van der Waals surface area contributed by atoms with Crippen LogP contribution in [-0.4, -0.2) is 28.1 Å².